The summed E-state index contributed by atoms with van der Waals surface area (Å²) in [5.74, 6) is -0.982. The van der Waals surface area contributed by atoms with E-state index in [1.165, 1.54) is 12.1 Å². The van der Waals surface area contributed by atoms with Crippen molar-refractivity contribution in [3.8, 4) is 5.75 Å². The third kappa shape index (κ3) is 2.36. The molecule has 1 aromatic rings. The second kappa shape index (κ2) is 4.43. The van der Waals surface area contributed by atoms with Crippen LogP contribution in [0.5, 0.6) is 5.75 Å². The van der Waals surface area contributed by atoms with Gasteiger partial charge in [-0.25, -0.2) is 0 Å². The van der Waals surface area contributed by atoms with Crippen molar-refractivity contribution in [3.05, 3.63) is 28.2 Å². The maximum absolute atomic E-state index is 10.9. The Kier molecular flexibility index (Phi) is 3.60. The molecule has 0 aliphatic heterocycles. The van der Waals surface area contributed by atoms with E-state index in [0.717, 1.165) is 4.47 Å². The van der Waals surface area contributed by atoms with Gasteiger partial charge in [0, 0.05) is 9.89 Å². The zero-order valence-corrected chi connectivity index (χ0v) is 10.7. The first-order valence-electron chi connectivity index (χ1n) is 4.74. The lowest BCUT2D eigenvalue weighted by molar-refractivity contribution is -0.140. The number of carbonyl (C=O) groups is 1. The van der Waals surface area contributed by atoms with Crippen molar-refractivity contribution in [1.82, 2.24) is 0 Å². The van der Waals surface area contributed by atoms with Gasteiger partial charge in [0.25, 0.3) is 0 Å². The number of phenols is 1. The van der Waals surface area contributed by atoms with E-state index in [-0.39, 0.29) is 5.75 Å². The summed E-state index contributed by atoms with van der Waals surface area (Å²) in [5, 5.41) is 18.3. The molecule has 0 amide bonds. The van der Waals surface area contributed by atoms with Crippen molar-refractivity contribution in [3.63, 3.8) is 0 Å². The second-order valence-corrected chi connectivity index (χ2v) is 5.06. The highest BCUT2D eigenvalue weighted by atomic mass is 79.9. The molecule has 0 saturated carbocycles. The normalized spacial score (nSPS) is 13.5. The van der Waals surface area contributed by atoms with Crippen LogP contribution in [-0.4, -0.2) is 22.2 Å². The molecule has 1 rings (SSSR count). The van der Waals surface area contributed by atoms with E-state index in [9.17, 15) is 9.90 Å². The smallest absolute Gasteiger partial charge is 0.321 e. The van der Waals surface area contributed by atoms with Gasteiger partial charge in [-0.2, -0.15) is 0 Å². The molecule has 4 N–H and O–H groups in total. The molecule has 0 saturated heterocycles. The number of carboxylic acid groups (broad SMARTS) is 1. The fourth-order valence-electron chi connectivity index (χ4n) is 1.48. The number of hydrogen-bond acceptors (Lipinski definition) is 3. The number of nitrogens with two attached hydrogens (primary N) is 1. The van der Waals surface area contributed by atoms with Crippen LogP contribution in [0.1, 0.15) is 19.4 Å². The molecule has 4 nitrogen and oxygen atoms in total. The maximum Gasteiger partial charge on any atom is 0.321 e. The molecular weight excluding hydrogens is 274 g/mol. The second-order valence-electron chi connectivity index (χ2n) is 4.20. The van der Waals surface area contributed by atoms with Crippen LogP contribution in [0.15, 0.2) is 22.7 Å². The third-order valence-corrected chi connectivity index (χ3v) is 3.38. The Hall–Kier alpha value is -1.07. The third-order valence-electron chi connectivity index (χ3n) is 2.69. The van der Waals surface area contributed by atoms with Crippen molar-refractivity contribution in [2.24, 2.45) is 5.73 Å². The number of hydrogen-bond donors (Lipinski definition) is 3. The molecule has 0 fully saturated rings. The lowest BCUT2D eigenvalue weighted by Crippen LogP contribution is -2.47. The molecule has 1 atom stereocenters. The highest BCUT2D eigenvalue weighted by Crippen LogP contribution is 2.34. The van der Waals surface area contributed by atoms with Gasteiger partial charge in [-0.3, -0.25) is 4.79 Å². The Bertz CT molecular complexity index is 418. The Labute approximate surface area is 102 Å². The van der Waals surface area contributed by atoms with Gasteiger partial charge in [-0.1, -0.05) is 29.8 Å². The zero-order valence-electron chi connectivity index (χ0n) is 9.07. The van der Waals surface area contributed by atoms with Crippen LogP contribution in [0.3, 0.4) is 0 Å². The Morgan fingerprint density at radius 2 is 2.06 bits per heavy atom. The van der Waals surface area contributed by atoms with Crippen molar-refractivity contribution in [1.29, 1.82) is 0 Å². The summed E-state index contributed by atoms with van der Waals surface area (Å²) in [7, 11) is 0. The lowest BCUT2D eigenvalue weighted by atomic mass is 9.78. The first-order valence-corrected chi connectivity index (χ1v) is 5.53. The fourth-order valence-corrected chi connectivity index (χ4v) is 2.24. The van der Waals surface area contributed by atoms with Crippen LogP contribution in [0, 0.1) is 0 Å². The van der Waals surface area contributed by atoms with Gasteiger partial charge >= 0.3 is 5.97 Å². The van der Waals surface area contributed by atoms with Crippen LogP contribution in [0.4, 0.5) is 0 Å². The number of halogens is 1. The van der Waals surface area contributed by atoms with Crippen LogP contribution in [0.25, 0.3) is 0 Å². The largest absolute Gasteiger partial charge is 0.508 e. The van der Waals surface area contributed by atoms with Gasteiger partial charge in [-0.05, 0) is 23.8 Å². The molecule has 0 heterocycles. The van der Waals surface area contributed by atoms with Crippen LogP contribution in [-0.2, 0) is 10.2 Å². The van der Waals surface area contributed by atoms with E-state index in [4.69, 9.17) is 10.8 Å². The summed E-state index contributed by atoms with van der Waals surface area (Å²) >= 11 is 3.32. The number of aromatic hydroxyl groups is 1. The molecule has 0 radical (unpaired) electrons. The van der Waals surface area contributed by atoms with Gasteiger partial charge in [0.15, 0.2) is 0 Å². The maximum atomic E-state index is 10.9. The standard InChI is InChI=1S/C11H14BrNO3/c1-11(2,9(13)10(15)16)7-5-6(14)3-4-8(7)12/h3-5,9,14H,13H2,1-2H3,(H,15,16). The Morgan fingerprint density at radius 1 is 1.50 bits per heavy atom. The molecule has 0 bridgehead atoms. The lowest BCUT2D eigenvalue weighted by Gasteiger charge is -2.30. The van der Waals surface area contributed by atoms with Gasteiger partial charge in [0.2, 0.25) is 0 Å². The summed E-state index contributed by atoms with van der Waals surface area (Å²) in [6, 6.07) is 3.68. The average Bonchev–Trinajstić information content (AvgIpc) is 2.20. The monoisotopic (exact) mass is 287 g/mol. The Morgan fingerprint density at radius 3 is 2.56 bits per heavy atom. The fraction of sp³-hybridized carbons (Fsp3) is 0.364. The van der Waals surface area contributed by atoms with Crippen LogP contribution < -0.4 is 5.73 Å². The first-order chi connectivity index (χ1) is 7.26. The molecule has 0 aliphatic carbocycles. The van der Waals surface area contributed by atoms with E-state index >= 15 is 0 Å². The topological polar surface area (TPSA) is 83.5 Å². The van der Waals surface area contributed by atoms with Crippen molar-refractivity contribution in [2.45, 2.75) is 25.3 Å². The van der Waals surface area contributed by atoms with Crippen molar-refractivity contribution >= 4 is 21.9 Å². The molecule has 16 heavy (non-hydrogen) atoms. The highest BCUT2D eigenvalue weighted by molar-refractivity contribution is 9.10. The van der Waals surface area contributed by atoms with Crippen molar-refractivity contribution < 1.29 is 15.0 Å². The Balaban J connectivity index is 3.25. The quantitative estimate of drug-likeness (QED) is 0.792. The number of phenolic OH excluding ortho intramolecular Hbond substituents is 1. The summed E-state index contributed by atoms with van der Waals surface area (Å²) in [4.78, 5) is 10.9. The van der Waals surface area contributed by atoms with Crippen molar-refractivity contribution in [2.75, 3.05) is 0 Å². The van der Waals surface area contributed by atoms with E-state index in [2.05, 4.69) is 15.9 Å². The summed E-state index contributed by atoms with van der Waals surface area (Å²) in [6.07, 6.45) is 0. The van der Waals surface area contributed by atoms with E-state index in [1.807, 2.05) is 0 Å². The van der Waals surface area contributed by atoms with E-state index < -0.39 is 17.4 Å². The minimum Gasteiger partial charge on any atom is -0.508 e. The average molecular weight is 288 g/mol. The highest BCUT2D eigenvalue weighted by Gasteiger charge is 2.35. The molecule has 1 aromatic carbocycles. The van der Waals surface area contributed by atoms with Gasteiger partial charge < -0.3 is 15.9 Å². The zero-order chi connectivity index (χ0) is 12.5. The van der Waals surface area contributed by atoms with E-state index in [1.54, 1.807) is 19.9 Å². The number of carboxylic acids is 1. The summed E-state index contributed by atoms with van der Waals surface area (Å²) in [5.41, 5.74) is 5.54. The minimum atomic E-state index is -1.07. The summed E-state index contributed by atoms with van der Waals surface area (Å²) in [6.45, 7) is 3.46. The number of aliphatic carboxylic acids is 1. The van der Waals surface area contributed by atoms with Gasteiger partial charge in [0.05, 0.1) is 0 Å². The van der Waals surface area contributed by atoms with Crippen LogP contribution >= 0.6 is 15.9 Å². The van der Waals surface area contributed by atoms with Gasteiger partial charge in [0.1, 0.15) is 11.8 Å². The number of rotatable bonds is 3. The molecule has 5 heteroatoms. The number of benzene rings is 1. The predicted octanol–water partition coefficient (Wildman–Crippen LogP) is 1.84. The molecule has 0 aliphatic rings. The van der Waals surface area contributed by atoms with E-state index in [0.29, 0.717) is 5.56 Å². The van der Waals surface area contributed by atoms with Crippen LogP contribution in [0.2, 0.25) is 0 Å². The molecule has 0 spiro atoms. The van der Waals surface area contributed by atoms with Gasteiger partial charge in [-0.15, -0.1) is 0 Å². The molecular formula is C11H14BrNO3. The minimum absolute atomic E-state index is 0.0869. The molecule has 88 valence electrons. The first kappa shape index (κ1) is 13.0. The molecule has 1 unspecified atom stereocenters. The summed E-state index contributed by atoms with van der Waals surface area (Å²) < 4.78 is 0.729. The predicted molar refractivity (Wildman–Crippen MR) is 64.4 cm³/mol. The molecule has 0 aromatic heterocycles. The SMILES string of the molecule is CC(C)(c1cc(O)ccc1Br)C(N)C(=O)O.